The van der Waals surface area contributed by atoms with E-state index < -0.39 is 17.6 Å². The Hall–Kier alpha value is -2.76. The van der Waals surface area contributed by atoms with Crippen LogP contribution in [0.4, 0.5) is 14.5 Å². The Labute approximate surface area is 150 Å². The van der Waals surface area contributed by atoms with Crippen LogP contribution in [0.2, 0.25) is 0 Å². The molecule has 136 valence electrons. The maximum absolute atomic E-state index is 13.9. The summed E-state index contributed by atoms with van der Waals surface area (Å²) in [4.78, 5) is 25.7. The van der Waals surface area contributed by atoms with Gasteiger partial charge in [0.05, 0.1) is 11.6 Å². The zero-order chi connectivity index (χ0) is 18.7. The highest BCUT2D eigenvalue weighted by molar-refractivity contribution is 6.00. The molecule has 2 amide bonds. The Morgan fingerprint density at radius 1 is 1.23 bits per heavy atom. The van der Waals surface area contributed by atoms with Gasteiger partial charge in [-0.15, -0.1) is 0 Å². The van der Waals surface area contributed by atoms with Crippen LogP contribution < -0.4 is 10.2 Å². The summed E-state index contributed by atoms with van der Waals surface area (Å²) in [6.45, 7) is 2.58. The summed E-state index contributed by atoms with van der Waals surface area (Å²) >= 11 is 0. The van der Waals surface area contributed by atoms with Crippen LogP contribution >= 0.6 is 0 Å². The maximum Gasteiger partial charge on any atom is 0.227 e. The lowest BCUT2D eigenvalue weighted by Crippen LogP contribution is -2.34. The average Bonchev–Trinajstić information content (AvgIpc) is 2.98. The zero-order valence-electron chi connectivity index (χ0n) is 14.5. The third kappa shape index (κ3) is 3.90. The standard InChI is InChI=1S/C20H20F2N2O2/c1-13-4-2-3-5-14(13)8-9-23-20(26)15-10-19(25)24(12-15)18-7-6-16(21)11-17(18)22/h2-7,11,15H,8-10,12H2,1H3,(H,23,26). The predicted molar refractivity (Wildman–Crippen MR) is 94.7 cm³/mol. The Balaban J connectivity index is 1.58. The van der Waals surface area contributed by atoms with Crippen LogP contribution in [0.1, 0.15) is 17.5 Å². The second-order valence-corrected chi connectivity index (χ2v) is 6.47. The first-order valence-electron chi connectivity index (χ1n) is 8.53. The number of anilines is 1. The number of aryl methyl sites for hydroxylation is 1. The second kappa shape index (κ2) is 7.64. The molecule has 0 bridgehead atoms. The van der Waals surface area contributed by atoms with Crippen molar-refractivity contribution in [1.29, 1.82) is 0 Å². The van der Waals surface area contributed by atoms with E-state index in [1.165, 1.54) is 11.0 Å². The molecule has 3 rings (SSSR count). The average molecular weight is 358 g/mol. The lowest BCUT2D eigenvalue weighted by Gasteiger charge is -2.17. The molecular weight excluding hydrogens is 338 g/mol. The van der Waals surface area contributed by atoms with Crippen LogP contribution in [0.3, 0.4) is 0 Å². The fourth-order valence-electron chi connectivity index (χ4n) is 3.17. The van der Waals surface area contributed by atoms with Gasteiger partial charge in [0.1, 0.15) is 11.6 Å². The van der Waals surface area contributed by atoms with Crippen LogP contribution in [0.5, 0.6) is 0 Å². The van der Waals surface area contributed by atoms with Crippen molar-refractivity contribution >= 4 is 17.5 Å². The van der Waals surface area contributed by atoms with E-state index in [9.17, 15) is 18.4 Å². The number of amides is 2. The van der Waals surface area contributed by atoms with Gasteiger partial charge < -0.3 is 10.2 Å². The summed E-state index contributed by atoms with van der Waals surface area (Å²) in [7, 11) is 0. The Kier molecular flexibility index (Phi) is 5.30. The van der Waals surface area contributed by atoms with E-state index in [0.717, 1.165) is 23.3 Å². The van der Waals surface area contributed by atoms with E-state index in [2.05, 4.69) is 5.32 Å². The summed E-state index contributed by atoms with van der Waals surface area (Å²) in [5, 5.41) is 2.85. The molecule has 1 aliphatic rings. The van der Waals surface area contributed by atoms with Gasteiger partial charge >= 0.3 is 0 Å². The highest BCUT2D eigenvalue weighted by atomic mass is 19.1. The molecule has 1 heterocycles. The van der Waals surface area contributed by atoms with Crippen molar-refractivity contribution in [3.05, 3.63) is 65.2 Å². The van der Waals surface area contributed by atoms with Gasteiger partial charge in [-0.05, 0) is 36.6 Å². The third-order valence-electron chi connectivity index (χ3n) is 4.65. The quantitative estimate of drug-likeness (QED) is 0.893. The molecule has 6 heteroatoms. The number of hydrogen-bond acceptors (Lipinski definition) is 2. The largest absolute Gasteiger partial charge is 0.355 e. The Morgan fingerprint density at radius 3 is 2.73 bits per heavy atom. The number of hydrogen-bond donors (Lipinski definition) is 1. The van der Waals surface area contributed by atoms with Crippen molar-refractivity contribution < 1.29 is 18.4 Å². The summed E-state index contributed by atoms with van der Waals surface area (Å²) in [6, 6.07) is 11.0. The van der Waals surface area contributed by atoms with Gasteiger partial charge in [-0.2, -0.15) is 0 Å². The van der Waals surface area contributed by atoms with E-state index in [1.807, 2.05) is 31.2 Å². The molecule has 2 aromatic rings. The number of carbonyl (C=O) groups is 2. The molecule has 1 aliphatic heterocycles. The number of benzene rings is 2. The van der Waals surface area contributed by atoms with Crippen molar-refractivity contribution in [3.8, 4) is 0 Å². The lowest BCUT2D eigenvalue weighted by atomic mass is 10.1. The van der Waals surface area contributed by atoms with E-state index in [-0.39, 0.29) is 30.5 Å². The highest BCUT2D eigenvalue weighted by Crippen LogP contribution is 2.28. The molecular formula is C20H20F2N2O2. The number of halogens is 2. The fraction of sp³-hybridized carbons (Fsp3) is 0.300. The van der Waals surface area contributed by atoms with E-state index >= 15 is 0 Å². The van der Waals surface area contributed by atoms with Gasteiger partial charge in [-0.25, -0.2) is 8.78 Å². The molecule has 2 aromatic carbocycles. The monoisotopic (exact) mass is 358 g/mol. The van der Waals surface area contributed by atoms with Crippen molar-refractivity contribution in [2.45, 2.75) is 19.8 Å². The molecule has 1 fully saturated rings. The van der Waals surface area contributed by atoms with Crippen LogP contribution in [0.15, 0.2) is 42.5 Å². The molecule has 26 heavy (non-hydrogen) atoms. The van der Waals surface area contributed by atoms with Gasteiger partial charge in [0, 0.05) is 25.6 Å². The molecule has 1 unspecified atom stereocenters. The van der Waals surface area contributed by atoms with Gasteiger partial charge in [0.15, 0.2) is 0 Å². The van der Waals surface area contributed by atoms with Crippen molar-refractivity contribution in [2.24, 2.45) is 5.92 Å². The second-order valence-electron chi connectivity index (χ2n) is 6.47. The van der Waals surface area contributed by atoms with Crippen LogP contribution in [0, 0.1) is 24.5 Å². The highest BCUT2D eigenvalue weighted by Gasteiger charge is 2.36. The van der Waals surface area contributed by atoms with E-state index in [4.69, 9.17) is 0 Å². The minimum Gasteiger partial charge on any atom is -0.355 e. The van der Waals surface area contributed by atoms with Crippen molar-refractivity contribution in [1.82, 2.24) is 5.32 Å². The number of nitrogens with one attached hydrogen (secondary N) is 1. The summed E-state index contributed by atoms with van der Waals surface area (Å²) in [5.41, 5.74) is 2.33. The van der Waals surface area contributed by atoms with E-state index in [1.54, 1.807) is 0 Å². The number of rotatable bonds is 5. The lowest BCUT2D eigenvalue weighted by molar-refractivity contribution is -0.126. The normalized spacial score (nSPS) is 16.8. The molecule has 1 atom stereocenters. The van der Waals surface area contributed by atoms with Crippen molar-refractivity contribution in [2.75, 3.05) is 18.0 Å². The molecule has 0 radical (unpaired) electrons. The van der Waals surface area contributed by atoms with Crippen molar-refractivity contribution in [3.63, 3.8) is 0 Å². The predicted octanol–water partition coefficient (Wildman–Crippen LogP) is 2.99. The zero-order valence-corrected chi connectivity index (χ0v) is 14.5. The SMILES string of the molecule is Cc1ccccc1CCNC(=O)C1CC(=O)N(c2ccc(F)cc2F)C1. The van der Waals surface area contributed by atoms with Gasteiger partial charge in [-0.3, -0.25) is 9.59 Å². The topological polar surface area (TPSA) is 49.4 Å². The van der Waals surface area contributed by atoms with Crippen LogP contribution in [-0.4, -0.2) is 24.9 Å². The summed E-state index contributed by atoms with van der Waals surface area (Å²) < 4.78 is 26.9. The molecule has 0 spiro atoms. The molecule has 1 saturated heterocycles. The molecule has 0 aromatic heterocycles. The maximum atomic E-state index is 13.9. The first kappa shape index (κ1) is 18.0. The number of nitrogens with zero attached hydrogens (tertiary/aromatic N) is 1. The minimum absolute atomic E-state index is 0.00612. The molecule has 4 nitrogen and oxygen atoms in total. The van der Waals surface area contributed by atoms with Crippen LogP contribution in [-0.2, 0) is 16.0 Å². The molecule has 0 saturated carbocycles. The van der Waals surface area contributed by atoms with Gasteiger partial charge in [-0.1, -0.05) is 24.3 Å². The van der Waals surface area contributed by atoms with E-state index in [0.29, 0.717) is 13.0 Å². The summed E-state index contributed by atoms with van der Waals surface area (Å²) in [6.07, 6.45) is 0.725. The third-order valence-corrected chi connectivity index (χ3v) is 4.65. The first-order chi connectivity index (χ1) is 12.5. The Bertz CT molecular complexity index is 838. The smallest absolute Gasteiger partial charge is 0.227 e. The van der Waals surface area contributed by atoms with Gasteiger partial charge in [0.25, 0.3) is 0 Å². The Morgan fingerprint density at radius 2 is 2.00 bits per heavy atom. The summed E-state index contributed by atoms with van der Waals surface area (Å²) in [5.74, 6) is -2.61. The van der Waals surface area contributed by atoms with Crippen LogP contribution in [0.25, 0.3) is 0 Å². The minimum atomic E-state index is -0.807. The molecule has 0 aliphatic carbocycles. The first-order valence-corrected chi connectivity index (χ1v) is 8.53. The van der Waals surface area contributed by atoms with Gasteiger partial charge in [0.2, 0.25) is 11.8 Å². The molecule has 1 N–H and O–H groups in total. The fourth-order valence-corrected chi connectivity index (χ4v) is 3.17. The number of carbonyl (C=O) groups excluding carboxylic acids is 2.